The minimum absolute atomic E-state index is 0.0370. The van der Waals surface area contributed by atoms with E-state index in [1.807, 2.05) is 24.3 Å². The number of hydrogen-bond acceptors (Lipinski definition) is 3. The Labute approximate surface area is 171 Å². The van der Waals surface area contributed by atoms with E-state index in [9.17, 15) is 14.7 Å². The number of carboxylic acids is 1. The van der Waals surface area contributed by atoms with Crippen LogP contribution in [0, 0.1) is 5.41 Å². The molecule has 5 nitrogen and oxygen atoms in total. The number of aliphatic carboxylic acids is 1. The molecule has 152 valence electrons. The summed E-state index contributed by atoms with van der Waals surface area (Å²) in [5.74, 6) is -1.04. The molecular weight excluding hydrogens is 366 g/mol. The zero-order chi connectivity index (χ0) is 20.4. The number of carboxylic acid groups (broad SMARTS) is 1. The molecule has 1 amide bonds. The van der Waals surface area contributed by atoms with E-state index in [4.69, 9.17) is 4.74 Å². The van der Waals surface area contributed by atoms with Crippen LogP contribution in [0.4, 0.5) is 4.79 Å². The van der Waals surface area contributed by atoms with Crippen LogP contribution < -0.4 is 5.32 Å². The first-order chi connectivity index (χ1) is 14.0. The van der Waals surface area contributed by atoms with E-state index < -0.39 is 18.1 Å². The van der Waals surface area contributed by atoms with Crippen molar-refractivity contribution in [3.63, 3.8) is 0 Å². The zero-order valence-corrected chi connectivity index (χ0v) is 16.7. The van der Waals surface area contributed by atoms with E-state index in [1.165, 1.54) is 0 Å². The molecule has 1 unspecified atom stereocenters. The van der Waals surface area contributed by atoms with Crippen molar-refractivity contribution in [1.29, 1.82) is 0 Å². The van der Waals surface area contributed by atoms with E-state index >= 15 is 0 Å². The summed E-state index contributed by atoms with van der Waals surface area (Å²) in [6.45, 7) is 2.27. The maximum Gasteiger partial charge on any atom is 0.407 e. The third kappa shape index (κ3) is 3.74. The van der Waals surface area contributed by atoms with Gasteiger partial charge in [0.1, 0.15) is 12.6 Å². The van der Waals surface area contributed by atoms with E-state index in [1.54, 1.807) is 0 Å². The summed E-state index contributed by atoms with van der Waals surface area (Å²) in [6, 6.07) is 15.4. The highest BCUT2D eigenvalue weighted by molar-refractivity contribution is 5.81. The average Bonchev–Trinajstić information content (AvgIpc) is 3.02. The maximum atomic E-state index is 12.4. The molecular formula is C24H27NO4. The van der Waals surface area contributed by atoms with Gasteiger partial charge in [-0.05, 0) is 46.9 Å². The van der Waals surface area contributed by atoms with Gasteiger partial charge in [-0.25, -0.2) is 9.59 Å². The van der Waals surface area contributed by atoms with Crippen LogP contribution in [-0.4, -0.2) is 29.8 Å². The highest BCUT2D eigenvalue weighted by Crippen LogP contribution is 2.47. The zero-order valence-electron chi connectivity index (χ0n) is 16.7. The Morgan fingerprint density at radius 2 is 1.69 bits per heavy atom. The molecule has 0 bridgehead atoms. The first-order valence-corrected chi connectivity index (χ1v) is 10.4. The minimum atomic E-state index is -1.00. The number of benzene rings is 2. The lowest BCUT2D eigenvalue weighted by atomic mass is 9.64. The van der Waals surface area contributed by atoms with Crippen molar-refractivity contribution in [2.75, 3.05) is 6.61 Å². The summed E-state index contributed by atoms with van der Waals surface area (Å²) in [5.41, 5.74) is 4.64. The molecule has 2 aliphatic rings. The molecule has 0 saturated heterocycles. The van der Waals surface area contributed by atoms with Crippen molar-refractivity contribution in [3.05, 3.63) is 59.7 Å². The number of fused-ring (bicyclic) bond motifs is 3. The van der Waals surface area contributed by atoms with Gasteiger partial charge in [-0.2, -0.15) is 0 Å². The second-order valence-corrected chi connectivity index (χ2v) is 8.27. The fourth-order valence-corrected chi connectivity index (χ4v) is 4.79. The van der Waals surface area contributed by atoms with Crippen molar-refractivity contribution in [1.82, 2.24) is 5.32 Å². The molecule has 0 aliphatic heterocycles. The third-order valence-corrected chi connectivity index (χ3v) is 6.74. The van der Waals surface area contributed by atoms with Gasteiger partial charge >= 0.3 is 12.1 Å². The smallest absolute Gasteiger partial charge is 0.407 e. The maximum absolute atomic E-state index is 12.4. The van der Waals surface area contributed by atoms with Gasteiger partial charge in [0, 0.05) is 5.92 Å². The monoisotopic (exact) mass is 393 g/mol. The highest BCUT2D eigenvalue weighted by Gasteiger charge is 2.40. The lowest BCUT2D eigenvalue weighted by molar-refractivity contribution is -0.140. The molecule has 2 N–H and O–H groups in total. The van der Waals surface area contributed by atoms with Crippen LogP contribution in [0.15, 0.2) is 48.5 Å². The number of ether oxygens (including phenoxy) is 1. The van der Waals surface area contributed by atoms with E-state index in [2.05, 4.69) is 36.5 Å². The molecule has 29 heavy (non-hydrogen) atoms. The SMILES string of the molecule is CCC1(CC(NC(=O)OCC2c3ccccc3-c3ccccc32)C(=O)O)CCC1. The summed E-state index contributed by atoms with van der Waals surface area (Å²) in [5, 5.41) is 12.2. The van der Waals surface area contributed by atoms with Crippen LogP contribution in [0.5, 0.6) is 0 Å². The number of carbonyl (C=O) groups excluding carboxylic acids is 1. The van der Waals surface area contributed by atoms with Gasteiger partial charge in [-0.15, -0.1) is 0 Å². The predicted octanol–water partition coefficient (Wildman–Crippen LogP) is 4.95. The van der Waals surface area contributed by atoms with Gasteiger partial charge in [-0.3, -0.25) is 0 Å². The molecule has 1 fully saturated rings. The number of hydrogen-bond donors (Lipinski definition) is 2. The Bertz CT molecular complexity index is 868. The molecule has 2 aromatic rings. The number of alkyl carbamates (subject to hydrolysis) is 1. The largest absolute Gasteiger partial charge is 0.480 e. The molecule has 0 aromatic heterocycles. The first-order valence-electron chi connectivity index (χ1n) is 10.4. The molecule has 1 atom stereocenters. The van der Waals surface area contributed by atoms with Crippen molar-refractivity contribution in [2.45, 2.75) is 51.0 Å². The molecule has 0 heterocycles. The third-order valence-electron chi connectivity index (χ3n) is 6.74. The molecule has 0 radical (unpaired) electrons. The van der Waals surface area contributed by atoms with E-state index in [0.29, 0.717) is 6.42 Å². The van der Waals surface area contributed by atoms with Crippen LogP contribution in [0.2, 0.25) is 0 Å². The number of nitrogens with one attached hydrogen (secondary N) is 1. The van der Waals surface area contributed by atoms with Crippen LogP contribution >= 0.6 is 0 Å². The first kappa shape index (κ1) is 19.5. The summed E-state index contributed by atoms with van der Waals surface area (Å²) in [4.78, 5) is 24.1. The quantitative estimate of drug-likeness (QED) is 0.698. The number of rotatable bonds is 7. The lowest BCUT2D eigenvalue weighted by Gasteiger charge is -2.42. The Kier molecular flexibility index (Phi) is 5.31. The van der Waals surface area contributed by atoms with Crippen molar-refractivity contribution in [3.8, 4) is 11.1 Å². The molecule has 2 aromatic carbocycles. The molecule has 1 saturated carbocycles. The fraction of sp³-hybridized carbons (Fsp3) is 0.417. The second-order valence-electron chi connectivity index (χ2n) is 8.27. The lowest BCUT2D eigenvalue weighted by Crippen LogP contribution is -2.46. The molecule has 0 spiro atoms. The molecule has 5 heteroatoms. The van der Waals surface area contributed by atoms with Gasteiger partial charge in [0.15, 0.2) is 0 Å². The minimum Gasteiger partial charge on any atom is -0.480 e. The predicted molar refractivity (Wildman–Crippen MR) is 111 cm³/mol. The Morgan fingerprint density at radius 1 is 1.10 bits per heavy atom. The summed E-state index contributed by atoms with van der Waals surface area (Å²) in [7, 11) is 0. The Balaban J connectivity index is 1.42. The van der Waals surface area contributed by atoms with Gasteiger partial charge in [0.25, 0.3) is 0 Å². The van der Waals surface area contributed by atoms with Crippen LogP contribution in [0.1, 0.15) is 56.1 Å². The summed E-state index contributed by atoms with van der Waals surface area (Å²) >= 11 is 0. The molecule has 2 aliphatic carbocycles. The Morgan fingerprint density at radius 3 is 2.17 bits per heavy atom. The van der Waals surface area contributed by atoms with Crippen molar-refractivity contribution >= 4 is 12.1 Å². The van der Waals surface area contributed by atoms with Crippen LogP contribution in [0.25, 0.3) is 11.1 Å². The van der Waals surface area contributed by atoms with Gasteiger partial charge in [-0.1, -0.05) is 68.3 Å². The summed E-state index contributed by atoms with van der Waals surface area (Å²) in [6.07, 6.45) is 3.92. The number of amides is 1. The standard InChI is InChI=1S/C24H27NO4/c1-2-24(12-7-13-24)14-21(22(26)27)25-23(28)29-15-20-18-10-5-3-8-16(18)17-9-4-6-11-19(17)20/h3-6,8-11,20-21H,2,7,12-15H2,1H3,(H,25,28)(H,26,27). The second kappa shape index (κ2) is 7.90. The fourth-order valence-electron chi connectivity index (χ4n) is 4.79. The van der Waals surface area contributed by atoms with Crippen LogP contribution in [0.3, 0.4) is 0 Å². The average molecular weight is 393 g/mol. The van der Waals surface area contributed by atoms with Gasteiger partial charge in [0.2, 0.25) is 0 Å². The normalized spacial score (nSPS) is 17.6. The van der Waals surface area contributed by atoms with Gasteiger partial charge < -0.3 is 15.2 Å². The Hall–Kier alpha value is -2.82. The topological polar surface area (TPSA) is 75.6 Å². The summed E-state index contributed by atoms with van der Waals surface area (Å²) < 4.78 is 5.51. The van der Waals surface area contributed by atoms with E-state index in [0.717, 1.165) is 47.9 Å². The van der Waals surface area contributed by atoms with Gasteiger partial charge in [0.05, 0.1) is 0 Å². The number of carbonyl (C=O) groups is 2. The van der Waals surface area contributed by atoms with Crippen molar-refractivity contribution in [2.24, 2.45) is 5.41 Å². The highest BCUT2D eigenvalue weighted by atomic mass is 16.5. The van der Waals surface area contributed by atoms with Crippen LogP contribution in [-0.2, 0) is 9.53 Å². The van der Waals surface area contributed by atoms with E-state index in [-0.39, 0.29) is 17.9 Å². The van der Waals surface area contributed by atoms with Crippen molar-refractivity contribution < 1.29 is 19.4 Å². The molecule has 4 rings (SSSR count).